The topological polar surface area (TPSA) is 35.9 Å². The van der Waals surface area contributed by atoms with Crippen LogP contribution in [0.15, 0.2) is 90.6 Å². The zero-order chi connectivity index (χ0) is 22.2. The minimum absolute atomic E-state index is 0.00178. The number of hydrogen-bond acceptors (Lipinski definition) is 4. The van der Waals surface area contributed by atoms with Crippen molar-refractivity contribution in [2.75, 3.05) is 30.1 Å². The van der Waals surface area contributed by atoms with Gasteiger partial charge in [0, 0.05) is 42.4 Å². The first kappa shape index (κ1) is 22.7. The highest BCUT2D eigenvalue weighted by atomic mass is 35.5. The molecule has 0 bridgehead atoms. The third-order valence-electron chi connectivity index (χ3n) is 5.18. The highest BCUT2D eigenvalue weighted by Crippen LogP contribution is 2.39. The first-order chi connectivity index (χ1) is 15.0. The van der Waals surface area contributed by atoms with Crippen LogP contribution in [-0.4, -0.2) is 25.4 Å². The summed E-state index contributed by atoms with van der Waals surface area (Å²) in [6.07, 6.45) is 2.22. The summed E-state index contributed by atoms with van der Waals surface area (Å²) >= 11 is 6.11. The Morgan fingerprint density at radius 3 is 2.10 bits per heavy atom. The maximum atomic E-state index is 9.68. The van der Waals surface area contributed by atoms with E-state index in [1.807, 2.05) is 37.3 Å². The maximum absolute atomic E-state index is 9.68. The van der Waals surface area contributed by atoms with E-state index in [1.165, 1.54) is 11.3 Å². The third-order valence-corrected chi connectivity index (χ3v) is 5.43. The molecule has 4 rings (SSSR count). The largest absolute Gasteiger partial charge is 0.508 e. The molecular weight excluding hydrogens is 408 g/mol. The Balaban J connectivity index is 0.000000628. The molecule has 1 heterocycles. The molecule has 0 aromatic heterocycles. The van der Waals surface area contributed by atoms with Crippen molar-refractivity contribution < 1.29 is 9.84 Å². The van der Waals surface area contributed by atoms with Crippen LogP contribution in [0.25, 0.3) is 0 Å². The zero-order valence-corrected chi connectivity index (χ0v) is 19.0. The van der Waals surface area contributed by atoms with Crippen molar-refractivity contribution in [1.29, 1.82) is 0 Å². The van der Waals surface area contributed by atoms with E-state index in [0.29, 0.717) is 0 Å². The summed E-state index contributed by atoms with van der Waals surface area (Å²) in [6, 6.07) is 25.8. The van der Waals surface area contributed by atoms with Gasteiger partial charge in [-0.2, -0.15) is 0 Å². The molecule has 0 amide bonds. The first-order valence-electron chi connectivity index (χ1n) is 10.4. The number of rotatable bonds is 4. The molecule has 1 atom stereocenters. The van der Waals surface area contributed by atoms with Gasteiger partial charge in [0.05, 0.1) is 0 Å². The SMILES string of the molecule is CC1=CCN(c2ccc(O)cc2)C(c2ccccc2)N1c1ccc(Cl)cc1.CCOC. The quantitative estimate of drug-likeness (QED) is 0.498. The van der Waals surface area contributed by atoms with Crippen LogP contribution < -0.4 is 9.80 Å². The summed E-state index contributed by atoms with van der Waals surface area (Å²) in [6.45, 7) is 5.71. The van der Waals surface area contributed by atoms with E-state index in [-0.39, 0.29) is 11.9 Å². The van der Waals surface area contributed by atoms with Crippen LogP contribution in [0.5, 0.6) is 5.75 Å². The normalized spacial score (nSPS) is 15.7. The average molecular weight is 437 g/mol. The lowest BCUT2D eigenvalue weighted by atomic mass is 10.0. The minimum atomic E-state index is 0.00178. The molecule has 0 fully saturated rings. The molecule has 3 aromatic carbocycles. The minimum Gasteiger partial charge on any atom is -0.508 e. The van der Waals surface area contributed by atoms with E-state index in [4.69, 9.17) is 11.6 Å². The van der Waals surface area contributed by atoms with Gasteiger partial charge in [-0.05, 0) is 74.0 Å². The highest BCUT2D eigenvalue weighted by molar-refractivity contribution is 6.30. The molecular formula is C26H29ClN2O2. The van der Waals surface area contributed by atoms with Crippen LogP contribution >= 0.6 is 11.6 Å². The summed E-state index contributed by atoms with van der Waals surface area (Å²) in [4.78, 5) is 4.65. The van der Waals surface area contributed by atoms with Crippen molar-refractivity contribution in [2.24, 2.45) is 0 Å². The van der Waals surface area contributed by atoms with Gasteiger partial charge in [0.25, 0.3) is 0 Å². The molecule has 0 saturated carbocycles. The van der Waals surface area contributed by atoms with E-state index >= 15 is 0 Å². The molecule has 1 N–H and O–H groups in total. The maximum Gasteiger partial charge on any atom is 0.132 e. The van der Waals surface area contributed by atoms with Gasteiger partial charge in [0.1, 0.15) is 11.9 Å². The number of anilines is 2. The smallest absolute Gasteiger partial charge is 0.132 e. The van der Waals surface area contributed by atoms with Gasteiger partial charge in [-0.25, -0.2) is 0 Å². The van der Waals surface area contributed by atoms with Crippen molar-refractivity contribution in [2.45, 2.75) is 20.0 Å². The molecule has 0 aliphatic carbocycles. The van der Waals surface area contributed by atoms with Gasteiger partial charge in [-0.1, -0.05) is 41.9 Å². The van der Waals surface area contributed by atoms with E-state index in [2.05, 4.69) is 63.9 Å². The number of nitrogens with zero attached hydrogens (tertiary/aromatic N) is 2. The predicted octanol–water partition coefficient (Wildman–Crippen LogP) is 6.63. The van der Waals surface area contributed by atoms with Crippen LogP contribution in [0.2, 0.25) is 5.02 Å². The molecule has 3 aromatic rings. The second-order valence-corrected chi connectivity index (χ2v) is 7.66. The Morgan fingerprint density at radius 1 is 0.935 bits per heavy atom. The molecule has 162 valence electrons. The summed E-state index contributed by atoms with van der Waals surface area (Å²) < 4.78 is 4.54. The lowest BCUT2D eigenvalue weighted by Crippen LogP contribution is -2.44. The molecule has 5 heteroatoms. The van der Waals surface area contributed by atoms with Crippen LogP contribution in [0, 0.1) is 0 Å². The molecule has 1 aliphatic rings. The van der Waals surface area contributed by atoms with Gasteiger partial charge < -0.3 is 19.6 Å². The number of phenolic OH excluding ortho intramolecular Hbond substituents is 1. The number of methoxy groups -OCH3 is 1. The molecule has 31 heavy (non-hydrogen) atoms. The summed E-state index contributed by atoms with van der Waals surface area (Å²) in [5, 5.41) is 10.4. The zero-order valence-electron chi connectivity index (χ0n) is 18.2. The number of allylic oxidation sites excluding steroid dienone is 1. The van der Waals surface area contributed by atoms with Gasteiger partial charge >= 0.3 is 0 Å². The third kappa shape index (κ3) is 5.60. The lowest BCUT2D eigenvalue weighted by molar-refractivity contribution is 0.215. The highest BCUT2D eigenvalue weighted by Gasteiger charge is 2.31. The fourth-order valence-electron chi connectivity index (χ4n) is 3.55. The number of phenols is 1. The van der Waals surface area contributed by atoms with Gasteiger partial charge in [0.15, 0.2) is 0 Å². The number of ether oxygens (including phenoxy) is 1. The first-order valence-corrected chi connectivity index (χ1v) is 10.7. The fourth-order valence-corrected chi connectivity index (χ4v) is 3.68. The summed E-state index contributed by atoms with van der Waals surface area (Å²) in [5.41, 5.74) is 4.55. The van der Waals surface area contributed by atoms with Gasteiger partial charge in [0.2, 0.25) is 0 Å². The second kappa shape index (κ2) is 10.9. The molecule has 0 radical (unpaired) electrons. The summed E-state index contributed by atoms with van der Waals surface area (Å²) in [7, 11) is 1.68. The average Bonchev–Trinajstić information content (AvgIpc) is 2.81. The van der Waals surface area contributed by atoms with Crippen molar-refractivity contribution in [1.82, 2.24) is 0 Å². The lowest BCUT2D eigenvalue weighted by Gasteiger charge is -2.46. The fraction of sp³-hybridized carbons (Fsp3) is 0.231. The Labute approximate surface area is 190 Å². The van der Waals surface area contributed by atoms with E-state index in [0.717, 1.165) is 29.5 Å². The predicted molar refractivity (Wildman–Crippen MR) is 130 cm³/mol. The van der Waals surface area contributed by atoms with E-state index in [9.17, 15) is 5.11 Å². The molecule has 4 nitrogen and oxygen atoms in total. The van der Waals surface area contributed by atoms with Crippen LogP contribution in [0.4, 0.5) is 11.4 Å². The molecule has 0 saturated heterocycles. The molecule has 1 unspecified atom stereocenters. The number of benzene rings is 3. The van der Waals surface area contributed by atoms with Crippen LogP contribution in [0.3, 0.4) is 0 Å². The Hall–Kier alpha value is -2.95. The second-order valence-electron chi connectivity index (χ2n) is 7.22. The molecule has 1 aliphatic heterocycles. The van der Waals surface area contributed by atoms with E-state index in [1.54, 1.807) is 19.2 Å². The van der Waals surface area contributed by atoms with Crippen molar-refractivity contribution in [3.05, 3.63) is 101 Å². The van der Waals surface area contributed by atoms with Crippen molar-refractivity contribution in [3.63, 3.8) is 0 Å². The standard InChI is InChI=1S/C23H21ClN2O.C3H8O/c1-17-15-16-25(20-11-13-22(27)14-12-20)23(18-5-3-2-4-6-18)26(17)21-9-7-19(24)8-10-21;1-3-4-2/h2-15,23,27H,16H2,1H3;3H2,1-2H3. The van der Waals surface area contributed by atoms with Crippen molar-refractivity contribution >= 4 is 23.0 Å². The monoisotopic (exact) mass is 436 g/mol. The van der Waals surface area contributed by atoms with Gasteiger partial charge in [-0.3, -0.25) is 0 Å². The van der Waals surface area contributed by atoms with Crippen molar-refractivity contribution in [3.8, 4) is 5.75 Å². The Bertz CT molecular complexity index is 971. The van der Waals surface area contributed by atoms with Gasteiger partial charge in [-0.15, -0.1) is 0 Å². The Morgan fingerprint density at radius 2 is 1.52 bits per heavy atom. The Kier molecular flexibility index (Phi) is 7.99. The number of aromatic hydroxyl groups is 1. The molecule has 0 spiro atoms. The summed E-state index contributed by atoms with van der Waals surface area (Å²) in [5.74, 6) is 0.272. The number of hydrogen-bond donors (Lipinski definition) is 1. The van der Waals surface area contributed by atoms with Crippen LogP contribution in [0.1, 0.15) is 25.6 Å². The number of halogens is 1. The van der Waals surface area contributed by atoms with E-state index < -0.39 is 0 Å². The van der Waals surface area contributed by atoms with Crippen LogP contribution in [-0.2, 0) is 4.74 Å².